The molecule has 0 saturated carbocycles. The average molecular weight is 313 g/mol. The molecule has 2 nitrogen and oxygen atoms in total. The van der Waals surface area contributed by atoms with Gasteiger partial charge in [-0.15, -0.1) is 0 Å². The van der Waals surface area contributed by atoms with Gasteiger partial charge in [0, 0.05) is 29.2 Å². The van der Waals surface area contributed by atoms with Gasteiger partial charge in [-0.3, -0.25) is 4.90 Å². The van der Waals surface area contributed by atoms with Crippen molar-refractivity contribution in [1.82, 2.24) is 10.2 Å². The zero-order chi connectivity index (χ0) is 12.7. The highest BCUT2D eigenvalue weighted by molar-refractivity contribution is 9.10. The van der Waals surface area contributed by atoms with Crippen molar-refractivity contribution in [2.75, 3.05) is 26.2 Å². The third-order valence-corrected chi connectivity index (χ3v) is 4.87. The number of nitrogens with one attached hydrogen (secondary N) is 1. The van der Waals surface area contributed by atoms with Gasteiger partial charge >= 0.3 is 0 Å². The molecule has 0 aliphatic carbocycles. The molecular weight excluding hydrogens is 295 g/mol. The Kier molecular flexibility index (Phi) is 3.43. The minimum Gasteiger partial charge on any atom is -0.316 e. The number of rotatable bonds is 2. The van der Waals surface area contributed by atoms with Gasteiger partial charge in [-0.05, 0) is 44.0 Å². The number of likely N-dealkylation sites (tertiary alicyclic amines) is 1. The lowest BCUT2D eigenvalue weighted by atomic mass is 10.0. The highest BCUT2D eigenvalue weighted by Gasteiger charge is 2.38. The maximum absolute atomic E-state index is 14.0. The van der Waals surface area contributed by atoms with Crippen molar-refractivity contribution in [2.24, 2.45) is 11.8 Å². The van der Waals surface area contributed by atoms with Crippen LogP contribution in [0, 0.1) is 17.7 Å². The summed E-state index contributed by atoms with van der Waals surface area (Å²) in [5.74, 6) is 1.41. The van der Waals surface area contributed by atoms with Crippen LogP contribution in [0.5, 0.6) is 0 Å². The largest absolute Gasteiger partial charge is 0.316 e. The smallest absolute Gasteiger partial charge is 0.129 e. The van der Waals surface area contributed by atoms with Crippen molar-refractivity contribution in [3.05, 3.63) is 34.1 Å². The van der Waals surface area contributed by atoms with Crippen LogP contribution in [0.25, 0.3) is 0 Å². The maximum Gasteiger partial charge on any atom is 0.129 e. The van der Waals surface area contributed by atoms with Gasteiger partial charge in [0.05, 0.1) is 0 Å². The van der Waals surface area contributed by atoms with Crippen molar-refractivity contribution in [1.29, 1.82) is 0 Å². The summed E-state index contributed by atoms with van der Waals surface area (Å²) in [7, 11) is 0. The van der Waals surface area contributed by atoms with Crippen LogP contribution >= 0.6 is 15.9 Å². The first-order chi connectivity index (χ1) is 8.65. The van der Waals surface area contributed by atoms with Crippen molar-refractivity contribution in [3.8, 4) is 0 Å². The van der Waals surface area contributed by atoms with E-state index in [4.69, 9.17) is 0 Å². The van der Waals surface area contributed by atoms with Crippen LogP contribution in [0.1, 0.15) is 18.5 Å². The van der Waals surface area contributed by atoms with E-state index in [1.165, 1.54) is 0 Å². The lowest BCUT2D eigenvalue weighted by Gasteiger charge is -2.26. The lowest BCUT2D eigenvalue weighted by Crippen LogP contribution is -2.29. The van der Waals surface area contributed by atoms with Gasteiger partial charge < -0.3 is 5.32 Å². The van der Waals surface area contributed by atoms with Crippen molar-refractivity contribution < 1.29 is 4.39 Å². The summed E-state index contributed by atoms with van der Waals surface area (Å²) in [6, 6.07) is 5.55. The molecule has 0 radical (unpaired) electrons. The van der Waals surface area contributed by atoms with E-state index in [1.807, 2.05) is 12.1 Å². The second-order valence-electron chi connectivity index (χ2n) is 5.47. The van der Waals surface area contributed by atoms with Crippen molar-refractivity contribution in [3.63, 3.8) is 0 Å². The molecule has 1 unspecified atom stereocenters. The van der Waals surface area contributed by atoms with E-state index in [0.717, 1.165) is 48.1 Å². The molecule has 1 aromatic rings. The molecule has 0 aromatic heterocycles. The van der Waals surface area contributed by atoms with E-state index in [2.05, 4.69) is 33.1 Å². The molecule has 1 aromatic carbocycles. The van der Waals surface area contributed by atoms with Gasteiger partial charge in [0.25, 0.3) is 0 Å². The fraction of sp³-hybridized carbons (Fsp3) is 0.571. The Morgan fingerprint density at radius 2 is 2.00 bits per heavy atom. The normalized spacial score (nSPS) is 29.5. The second kappa shape index (κ2) is 4.91. The molecule has 18 heavy (non-hydrogen) atoms. The van der Waals surface area contributed by atoms with E-state index < -0.39 is 0 Å². The van der Waals surface area contributed by atoms with E-state index in [-0.39, 0.29) is 11.9 Å². The zero-order valence-corrected chi connectivity index (χ0v) is 12.1. The molecule has 0 spiro atoms. The number of benzene rings is 1. The first-order valence-corrected chi connectivity index (χ1v) is 7.34. The molecule has 2 saturated heterocycles. The molecule has 3 atom stereocenters. The van der Waals surface area contributed by atoms with Crippen LogP contribution in [-0.2, 0) is 0 Å². The van der Waals surface area contributed by atoms with E-state index in [9.17, 15) is 4.39 Å². The Morgan fingerprint density at radius 3 is 2.61 bits per heavy atom. The Hall–Kier alpha value is -0.450. The molecule has 2 fully saturated rings. The van der Waals surface area contributed by atoms with Gasteiger partial charge in [-0.2, -0.15) is 0 Å². The fourth-order valence-corrected chi connectivity index (χ4v) is 3.58. The quantitative estimate of drug-likeness (QED) is 0.903. The van der Waals surface area contributed by atoms with Crippen LogP contribution < -0.4 is 5.32 Å². The standard InChI is InChI=1S/C14H18BrFN2/c1-9(13-3-2-12(15)4-14(13)16)18-7-10-5-17-6-11(10)8-18/h2-4,9-11,17H,5-8H2,1H3/t9?,10-,11+. The Labute approximate surface area is 116 Å². The highest BCUT2D eigenvalue weighted by atomic mass is 79.9. The third kappa shape index (κ3) is 2.22. The molecule has 3 rings (SSSR count). The number of halogens is 2. The van der Waals surface area contributed by atoms with Gasteiger partial charge in [-0.25, -0.2) is 4.39 Å². The predicted octanol–water partition coefficient (Wildman–Crippen LogP) is 2.80. The van der Waals surface area contributed by atoms with Gasteiger partial charge in [0.1, 0.15) is 5.82 Å². The Bertz CT molecular complexity index is 439. The average Bonchev–Trinajstić information content (AvgIpc) is 2.87. The lowest BCUT2D eigenvalue weighted by molar-refractivity contribution is 0.239. The van der Waals surface area contributed by atoms with E-state index >= 15 is 0 Å². The molecule has 2 aliphatic rings. The first kappa shape index (κ1) is 12.6. The van der Waals surface area contributed by atoms with Gasteiger partial charge in [0.2, 0.25) is 0 Å². The molecule has 98 valence electrons. The number of hydrogen-bond acceptors (Lipinski definition) is 2. The number of nitrogens with zero attached hydrogens (tertiary/aromatic N) is 1. The van der Waals surface area contributed by atoms with Crippen LogP contribution in [0.2, 0.25) is 0 Å². The highest BCUT2D eigenvalue weighted by Crippen LogP contribution is 2.34. The van der Waals surface area contributed by atoms with Gasteiger partial charge in [0.15, 0.2) is 0 Å². The molecule has 0 amide bonds. The maximum atomic E-state index is 14.0. The number of fused-ring (bicyclic) bond motifs is 1. The molecule has 2 aliphatic heterocycles. The van der Waals surface area contributed by atoms with Crippen molar-refractivity contribution in [2.45, 2.75) is 13.0 Å². The van der Waals surface area contributed by atoms with Crippen LogP contribution in [-0.4, -0.2) is 31.1 Å². The predicted molar refractivity (Wildman–Crippen MR) is 73.9 cm³/mol. The van der Waals surface area contributed by atoms with Gasteiger partial charge in [-0.1, -0.05) is 22.0 Å². The third-order valence-electron chi connectivity index (χ3n) is 4.38. The fourth-order valence-electron chi connectivity index (χ4n) is 3.24. The minimum absolute atomic E-state index is 0.105. The van der Waals surface area contributed by atoms with E-state index in [0.29, 0.717) is 0 Å². The van der Waals surface area contributed by atoms with Crippen LogP contribution in [0.15, 0.2) is 22.7 Å². The summed E-state index contributed by atoms with van der Waals surface area (Å²) in [5, 5.41) is 3.44. The SMILES string of the molecule is CC(c1ccc(Br)cc1F)N1C[C@H]2CNC[C@H]2C1. The topological polar surface area (TPSA) is 15.3 Å². The Morgan fingerprint density at radius 1 is 1.33 bits per heavy atom. The molecule has 1 N–H and O–H groups in total. The Balaban J connectivity index is 1.76. The monoisotopic (exact) mass is 312 g/mol. The second-order valence-corrected chi connectivity index (χ2v) is 6.39. The molecule has 4 heteroatoms. The number of hydrogen-bond donors (Lipinski definition) is 1. The van der Waals surface area contributed by atoms with Crippen LogP contribution in [0.3, 0.4) is 0 Å². The minimum atomic E-state index is -0.105. The van der Waals surface area contributed by atoms with E-state index in [1.54, 1.807) is 6.07 Å². The summed E-state index contributed by atoms with van der Waals surface area (Å²) >= 11 is 3.31. The summed E-state index contributed by atoms with van der Waals surface area (Å²) < 4.78 is 14.8. The molecule has 2 heterocycles. The summed E-state index contributed by atoms with van der Waals surface area (Å²) in [6.07, 6.45) is 0. The zero-order valence-electron chi connectivity index (χ0n) is 10.5. The van der Waals surface area contributed by atoms with Crippen molar-refractivity contribution >= 4 is 15.9 Å². The molecule has 0 bridgehead atoms. The molecular formula is C14H18BrFN2. The summed E-state index contributed by atoms with van der Waals surface area (Å²) in [6.45, 7) is 6.54. The summed E-state index contributed by atoms with van der Waals surface area (Å²) in [5.41, 5.74) is 0.811. The van der Waals surface area contributed by atoms with Crippen LogP contribution in [0.4, 0.5) is 4.39 Å². The first-order valence-electron chi connectivity index (χ1n) is 6.55. The summed E-state index contributed by atoms with van der Waals surface area (Å²) in [4.78, 5) is 2.42.